The minimum absolute atomic E-state index is 0.0928. The molecule has 5 nitrogen and oxygen atoms in total. The molecule has 0 aliphatic carbocycles. The first kappa shape index (κ1) is 18.2. The Hall–Kier alpha value is -0.880. The molecule has 1 heterocycles. The van der Waals surface area contributed by atoms with Crippen LogP contribution < -0.4 is 10.9 Å². The molecule has 1 aromatic heterocycles. The molecular formula is C15H26BrN3O2. The van der Waals surface area contributed by atoms with Gasteiger partial charge in [0.15, 0.2) is 0 Å². The summed E-state index contributed by atoms with van der Waals surface area (Å²) in [6, 6.07) is 0. The van der Waals surface area contributed by atoms with Crippen molar-refractivity contribution in [2.75, 3.05) is 25.1 Å². The summed E-state index contributed by atoms with van der Waals surface area (Å²) < 4.78 is 7.55. The van der Waals surface area contributed by atoms with Crippen LogP contribution in [-0.4, -0.2) is 29.5 Å². The second-order valence-corrected chi connectivity index (χ2v) is 6.80. The Labute approximate surface area is 135 Å². The van der Waals surface area contributed by atoms with E-state index in [-0.39, 0.29) is 5.56 Å². The van der Waals surface area contributed by atoms with Gasteiger partial charge in [-0.25, -0.2) is 4.68 Å². The second-order valence-electron chi connectivity index (χ2n) is 6.00. The van der Waals surface area contributed by atoms with Gasteiger partial charge in [0, 0.05) is 26.3 Å². The summed E-state index contributed by atoms with van der Waals surface area (Å²) in [6.45, 7) is 11.3. The van der Waals surface area contributed by atoms with Gasteiger partial charge < -0.3 is 10.1 Å². The number of nitrogens with zero attached hydrogens (tertiary/aromatic N) is 2. The number of anilines is 1. The highest BCUT2D eigenvalue weighted by molar-refractivity contribution is 9.10. The monoisotopic (exact) mass is 359 g/mol. The van der Waals surface area contributed by atoms with Crippen LogP contribution in [0.2, 0.25) is 0 Å². The molecular weight excluding hydrogens is 334 g/mol. The molecule has 0 aromatic carbocycles. The average molecular weight is 360 g/mol. The number of halogens is 1. The quantitative estimate of drug-likeness (QED) is 0.688. The summed E-state index contributed by atoms with van der Waals surface area (Å²) in [5, 5.41) is 7.42. The average Bonchev–Trinajstić information content (AvgIpc) is 2.40. The lowest BCUT2D eigenvalue weighted by Crippen LogP contribution is -2.26. The topological polar surface area (TPSA) is 56.1 Å². The molecule has 1 aromatic rings. The van der Waals surface area contributed by atoms with Gasteiger partial charge in [0.1, 0.15) is 4.47 Å². The highest BCUT2D eigenvalue weighted by atomic mass is 79.9. The molecule has 6 heteroatoms. The van der Waals surface area contributed by atoms with Crippen LogP contribution in [0.25, 0.3) is 0 Å². The first-order valence-corrected chi connectivity index (χ1v) is 8.28. The van der Waals surface area contributed by atoms with Crippen LogP contribution in [0.4, 0.5) is 5.69 Å². The summed E-state index contributed by atoms with van der Waals surface area (Å²) in [5.74, 6) is 0.948. The maximum Gasteiger partial charge on any atom is 0.283 e. The number of hydrogen-bond donors (Lipinski definition) is 1. The fourth-order valence-corrected chi connectivity index (χ4v) is 2.23. The van der Waals surface area contributed by atoms with Crippen molar-refractivity contribution in [1.82, 2.24) is 9.78 Å². The maximum absolute atomic E-state index is 12.1. The van der Waals surface area contributed by atoms with E-state index < -0.39 is 0 Å². The van der Waals surface area contributed by atoms with Gasteiger partial charge in [-0.2, -0.15) is 5.10 Å². The minimum atomic E-state index is -0.0928. The second kappa shape index (κ2) is 9.20. The van der Waals surface area contributed by atoms with Crippen molar-refractivity contribution in [3.8, 4) is 0 Å². The third kappa shape index (κ3) is 6.61. The Morgan fingerprint density at radius 3 is 2.67 bits per heavy atom. The number of nitrogens with one attached hydrogen (secondary N) is 1. The van der Waals surface area contributed by atoms with Gasteiger partial charge in [-0.05, 0) is 34.2 Å². The van der Waals surface area contributed by atoms with Crippen molar-refractivity contribution in [1.29, 1.82) is 0 Å². The molecule has 0 saturated carbocycles. The number of hydrogen-bond acceptors (Lipinski definition) is 4. The Morgan fingerprint density at radius 1 is 1.33 bits per heavy atom. The van der Waals surface area contributed by atoms with Crippen molar-refractivity contribution in [2.45, 2.75) is 40.7 Å². The van der Waals surface area contributed by atoms with Gasteiger partial charge in [0.25, 0.3) is 5.56 Å². The first-order valence-electron chi connectivity index (χ1n) is 7.49. The molecule has 0 amide bonds. The molecule has 0 unspecified atom stereocenters. The minimum Gasteiger partial charge on any atom is -0.383 e. The zero-order valence-corrected chi connectivity index (χ0v) is 14.9. The third-order valence-corrected chi connectivity index (χ3v) is 3.52. The predicted octanol–water partition coefficient (Wildman–Crippen LogP) is 3.14. The largest absolute Gasteiger partial charge is 0.383 e. The lowest BCUT2D eigenvalue weighted by atomic mass is 10.2. The molecule has 0 aliphatic rings. The van der Waals surface area contributed by atoms with E-state index in [4.69, 9.17) is 4.74 Å². The molecule has 0 saturated heterocycles. The van der Waals surface area contributed by atoms with E-state index in [1.54, 1.807) is 6.20 Å². The van der Waals surface area contributed by atoms with E-state index in [9.17, 15) is 4.79 Å². The van der Waals surface area contributed by atoms with Crippen LogP contribution in [0.5, 0.6) is 0 Å². The van der Waals surface area contributed by atoms with Gasteiger partial charge in [0.05, 0.1) is 11.9 Å². The van der Waals surface area contributed by atoms with E-state index in [0.29, 0.717) is 22.9 Å². The van der Waals surface area contributed by atoms with Gasteiger partial charge in [-0.15, -0.1) is 0 Å². The molecule has 0 fully saturated rings. The highest BCUT2D eigenvalue weighted by Gasteiger charge is 2.09. The van der Waals surface area contributed by atoms with Crippen LogP contribution in [0.1, 0.15) is 34.1 Å². The van der Waals surface area contributed by atoms with Crippen LogP contribution >= 0.6 is 15.9 Å². The van der Waals surface area contributed by atoms with Gasteiger partial charge in [-0.1, -0.05) is 27.7 Å². The normalized spacial score (nSPS) is 11.4. The molecule has 1 rings (SSSR count). The molecule has 21 heavy (non-hydrogen) atoms. The Kier molecular flexibility index (Phi) is 7.96. The summed E-state index contributed by atoms with van der Waals surface area (Å²) in [7, 11) is 0. The molecule has 0 atom stereocenters. The zero-order valence-electron chi connectivity index (χ0n) is 13.4. The SMILES string of the molecule is CC(C)COCCCNc1cnn(CC(C)C)c(=O)c1Br. The Morgan fingerprint density at radius 2 is 2.05 bits per heavy atom. The fourth-order valence-electron chi connectivity index (χ4n) is 1.78. The van der Waals surface area contributed by atoms with Crippen molar-refractivity contribution < 1.29 is 4.74 Å². The summed E-state index contributed by atoms with van der Waals surface area (Å²) in [5.41, 5.74) is 0.647. The van der Waals surface area contributed by atoms with Crippen molar-refractivity contribution in [2.24, 2.45) is 11.8 Å². The number of rotatable bonds is 9. The lowest BCUT2D eigenvalue weighted by Gasteiger charge is -2.12. The van der Waals surface area contributed by atoms with Crippen molar-refractivity contribution in [3.63, 3.8) is 0 Å². The van der Waals surface area contributed by atoms with Gasteiger partial charge >= 0.3 is 0 Å². The predicted molar refractivity (Wildman–Crippen MR) is 89.8 cm³/mol. The first-order chi connectivity index (χ1) is 9.91. The van der Waals surface area contributed by atoms with Gasteiger partial charge in [-0.3, -0.25) is 4.79 Å². The number of ether oxygens (including phenoxy) is 1. The van der Waals surface area contributed by atoms with E-state index in [1.165, 1.54) is 4.68 Å². The standard InChI is InChI=1S/C15H26BrN3O2/c1-11(2)9-19-15(20)14(16)13(8-18-19)17-6-5-7-21-10-12(3)4/h8,11-12,17H,5-7,9-10H2,1-4H3. The molecule has 1 N–H and O–H groups in total. The van der Waals surface area contributed by atoms with Crippen LogP contribution in [0.3, 0.4) is 0 Å². The van der Waals surface area contributed by atoms with Crippen LogP contribution in [-0.2, 0) is 11.3 Å². The molecule has 120 valence electrons. The van der Waals surface area contributed by atoms with E-state index in [0.717, 1.165) is 31.9 Å². The van der Waals surface area contributed by atoms with Crippen molar-refractivity contribution >= 4 is 21.6 Å². The fraction of sp³-hybridized carbons (Fsp3) is 0.733. The summed E-state index contributed by atoms with van der Waals surface area (Å²) in [6.07, 6.45) is 2.59. The van der Waals surface area contributed by atoms with E-state index in [2.05, 4.69) is 54.0 Å². The lowest BCUT2D eigenvalue weighted by molar-refractivity contribution is 0.110. The molecule has 0 aliphatic heterocycles. The van der Waals surface area contributed by atoms with E-state index >= 15 is 0 Å². The molecule has 0 radical (unpaired) electrons. The van der Waals surface area contributed by atoms with E-state index in [1.807, 2.05) is 0 Å². The third-order valence-electron chi connectivity index (χ3n) is 2.76. The molecule has 0 bridgehead atoms. The smallest absolute Gasteiger partial charge is 0.283 e. The van der Waals surface area contributed by atoms with Crippen LogP contribution in [0, 0.1) is 11.8 Å². The maximum atomic E-state index is 12.1. The Balaban J connectivity index is 2.46. The molecule has 0 spiro atoms. The van der Waals surface area contributed by atoms with Crippen molar-refractivity contribution in [3.05, 3.63) is 21.0 Å². The summed E-state index contributed by atoms with van der Waals surface area (Å²) >= 11 is 3.36. The highest BCUT2D eigenvalue weighted by Crippen LogP contribution is 2.16. The zero-order chi connectivity index (χ0) is 15.8. The van der Waals surface area contributed by atoms with Crippen LogP contribution in [0.15, 0.2) is 15.5 Å². The Bertz CT molecular complexity index is 486. The summed E-state index contributed by atoms with van der Waals surface area (Å²) in [4.78, 5) is 12.1. The number of aromatic nitrogens is 2. The van der Waals surface area contributed by atoms with Gasteiger partial charge in [0.2, 0.25) is 0 Å².